The van der Waals surface area contributed by atoms with Crippen LogP contribution in [-0.2, 0) is 24.6 Å². The van der Waals surface area contributed by atoms with E-state index in [1.807, 2.05) is 34.5 Å². The van der Waals surface area contributed by atoms with Crippen molar-refractivity contribution in [1.29, 1.82) is 0 Å². The second-order valence-corrected chi connectivity index (χ2v) is 7.13. The first-order chi connectivity index (χ1) is 11.8. The molecule has 0 saturated heterocycles. The van der Waals surface area contributed by atoms with Crippen LogP contribution in [0.4, 0.5) is 13.2 Å². The minimum atomic E-state index is -4.79. The summed E-state index contributed by atoms with van der Waals surface area (Å²) < 4.78 is 51.8. The molecule has 3 aromatic rings. The van der Waals surface area contributed by atoms with Gasteiger partial charge in [0.2, 0.25) is 0 Å². The molecular weight excluding hydrogens is 375 g/mol. The van der Waals surface area contributed by atoms with Crippen LogP contribution in [0.5, 0.6) is 0 Å². The van der Waals surface area contributed by atoms with E-state index < -0.39 is 16.5 Å². The molecule has 0 radical (unpaired) electrons. The van der Waals surface area contributed by atoms with Gasteiger partial charge in [0.05, 0.1) is 5.69 Å². The van der Waals surface area contributed by atoms with Crippen LogP contribution in [0.2, 0.25) is 5.02 Å². The third-order valence-corrected chi connectivity index (χ3v) is 4.78. The fourth-order valence-electron chi connectivity index (χ4n) is 2.54. The Labute approximate surface area is 149 Å². The van der Waals surface area contributed by atoms with Gasteiger partial charge < -0.3 is 4.57 Å². The van der Waals surface area contributed by atoms with Crippen LogP contribution in [-0.4, -0.2) is 19.3 Å². The molecule has 1 N–H and O–H groups in total. The lowest BCUT2D eigenvalue weighted by Gasteiger charge is -2.09. The molecule has 25 heavy (non-hydrogen) atoms. The van der Waals surface area contributed by atoms with E-state index in [-0.39, 0.29) is 6.54 Å². The second kappa shape index (κ2) is 6.78. The number of nitrogens with zero attached hydrogens (tertiary/aromatic N) is 2. The zero-order valence-corrected chi connectivity index (χ0v) is 14.5. The zero-order chi connectivity index (χ0) is 18.2. The fourth-order valence-corrected chi connectivity index (χ4v) is 3.16. The predicted octanol–water partition coefficient (Wildman–Crippen LogP) is 4.17. The Kier molecular flexibility index (Phi) is 4.86. The molecule has 0 aliphatic carbocycles. The second-order valence-electron chi connectivity index (χ2n) is 5.41. The van der Waals surface area contributed by atoms with Crippen LogP contribution in [0, 0.1) is 0 Å². The maximum atomic E-state index is 12.3. The third kappa shape index (κ3) is 3.86. The number of pyridine rings is 1. The monoisotopic (exact) mass is 387 g/mol. The van der Waals surface area contributed by atoms with E-state index >= 15 is 0 Å². The number of benzene rings is 1. The highest BCUT2D eigenvalue weighted by Gasteiger charge is 2.36. The summed E-state index contributed by atoms with van der Waals surface area (Å²) in [5, 5.41) is 1.61. The lowest BCUT2D eigenvalue weighted by molar-refractivity contribution is -0.0394. The molecule has 4 nitrogen and oxygen atoms in total. The summed E-state index contributed by atoms with van der Waals surface area (Å²) in [5.74, 6) is 0. The molecule has 0 bridgehead atoms. The van der Waals surface area contributed by atoms with Crippen LogP contribution >= 0.6 is 11.6 Å². The SMILES string of the molecule is Cn1c(-c2cncc(CNS(=O)C(F)(F)F)c2)cc2ccc(Cl)cc21. The number of aromatic nitrogens is 2. The first-order valence-corrected chi connectivity index (χ1v) is 8.70. The molecule has 1 aromatic carbocycles. The number of fused-ring (bicyclic) bond motifs is 1. The van der Waals surface area contributed by atoms with Crippen molar-refractivity contribution in [3.63, 3.8) is 0 Å². The minimum absolute atomic E-state index is 0.206. The van der Waals surface area contributed by atoms with E-state index in [9.17, 15) is 17.4 Å². The number of halogens is 4. The van der Waals surface area contributed by atoms with Crippen molar-refractivity contribution in [3.8, 4) is 11.3 Å². The number of hydrogen-bond donors (Lipinski definition) is 1. The number of nitrogens with one attached hydrogen (secondary N) is 1. The van der Waals surface area contributed by atoms with E-state index in [1.165, 1.54) is 6.20 Å². The van der Waals surface area contributed by atoms with Crippen molar-refractivity contribution in [2.75, 3.05) is 0 Å². The lowest BCUT2D eigenvalue weighted by atomic mass is 10.1. The van der Waals surface area contributed by atoms with E-state index in [0.29, 0.717) is 10.6 Å². The van der Waals surface area contributed by atoms with Gasteiger partial charge in [-0.2, -0.15) is 13.2 Å². The Morgan fingerprint density at radius 3 is 2.72 bits per heavy atom. The van der Waals surface area contributed by atoms with Crippen LogP contribution < -0.4 is 4.72 Å². The fraction of sp³-hybridized carbons (Fsp3) is 0.188. The van der Waals surface area contributed by atoms with Crippen molar-refractivity contribution in [2.24, 2.45) is 7.05 Å². The van der Waals surface area contributed by atoms with Crippen LogP contribution in [0.25, 0.3) is 22.2 Å². The summed E-state index contributed by atoms with van der Waals surface area (Å²) in [4.78, 5) is 4.07. The van der Waals surface area contributed by atoms with Gasteiger partial charge in [0, 0.05) is 47.5 Å². The van der Waals surface area contributed by atoms with Gasteiger partial charge in [-0.1, -0.05) is 17.7 Å². The summed E-state index contributed by atoms with van der Waals surface area (Å²) in [7, 11) is -1.23. The van der Waals surface area contributed by atoms with Crippen LogP contribution in [0.1, 0.15) is 5.56 Å². The minimum Gasteiger partial charge on any atom is -0.344 e. The number of alkyl halides is 3. The molecule has 0 saturated carbocycles. The van der Waals surface area contributed by atoms with Gasteiger partial charge >= 0.3 is 5.51 Å². The summed E-state index contributed by atoms with van der Waals surface area (Å²) in [6, 6.07) is 9.19. The maximum Gasteiger partial charge on any atom is 0.485 e. The van der Waals surface area contributed by atoms with E-state index in [1.54, 1.807) is 18.3 Å². The zero-order valence-electron chi connectivity index (χ0n) is 13.0. The van der Waals surface area contributed by atoms with Crippen LogP contribution in [0.3, 0.4) is 0 Å². The molecule has 9 heteroatoms. The average Bonchev–Trinajstić information content (AvgIpc) is 2.88. The molecule has 0 aliphatic heterocycles. The highest BCUT2D eigenvalue weighted by Crippen LogP contribution is 2.29. The molecule has 3 rings (SSSR count). The Morgan fingerprint density at radius 2 is 2.00 bits per heavy atom. The maximum absolute atomic E-state index is 12.3. The summed E-state index contributed by atoms with van der Waals surface area (Å²) >= 11 is 6.02. The van der Waals surface area contributed by atoms with Crippen molar-refractivity contribution >= 4 is 33.5 Å². The Bertz CT molecular complexity index is 955. The molecule has 132 valence electrons. The molecule has 1 atom stereocenters. The summed E-state index contributed by atoms with van der Waals surface area (Å²) in [5.41, 5.74) is -1.77. The Balaban J connectivity index is 1.89. The van der Waals surface area contributed by atoms with Gasteiger partial charge in [-0.05, 0) is 29.8 Å². The van der Waals surface area contributed by atoms with Crippen molar-refractivity contribution in [1.82, 2.24) is 14.3 Å². The highest BCUT2D eigenvalue weighted by molar-refractivity contribution is 7.83. The molecule has 1 unspecified atom stereocenters. The van der Waals surface area contributed by atoms with Gasteiger partial charge in [0.25, 0.3) is 0 Å². The molecule has 0 aliphatic rings. The van der Waals surface area contributed by atoms with E-state index in [0.717, 1.165) is 22.2 Å². The van der Waals surface area contributed by atoms with Gasteiger partial charge in [0.15, 0.2) is 11.0 Å². The standard InChI is InChI=1S/C16H13ClF3N3OS/c1-23-14(5-11-2-3-13(17)6-15(11)23)12-4-10(7-21-9-12)8-22-25(24)16(18,19)20/h2-7,9,22H,8H2,1H3. The van der Waals surface area contributed by atoms with Crippen molar-refractivity contribution < 1.29 is 17.4 Å². The first-order valence-electron chi connectivity index (χ1n) is 7.17. The normalized spacial score (nSPS) is 13.3. The quantitative estimate of drug-likeness (QED) is 0.730. The largest absolute Gasteiger partial charge is 0.485 e. The van der Waals surface area contributed by atoms with Crippen molar-refractivity contribution in [2.45, 2.75) is 12.1 Å². The topological polar surface area (TPSA) is 46.9 Å². The highest BCUT2D eigenvalue weighted by atomic mass is 35.5. The lowest BCUT2D eigenvalue weighted by Crippen LogP contribution is -2.29. The molecule has 0 amide bonds. The number of rotatable bonds is 4. The Morgan fingerprint density at radius 1 is 1.24 bits per heavy atom. The van der Waals surface area contributed by atoms with Crippen LogP contribution in [0.15, 0.2) is 42.7 Å². The molecule has 2 heterocycles. The summed E-state index contributed by atoms with van der Waals surface area (Å²) in [6.07, 6.45) is 3.06. The van der Waals surface area contributed by atoms with Crippen molar-refractivity contribution in [3.05, 3.63) is 53.3 Å². The van der Waals surface area contributed by atoms with Gasteiger partial charge in [0.1, 0.15) is 0 Å². The average molecular weight is 388 g/mol. The number of aryl methyl sites for hydroxylation is 1. The molecular formula is C16H13ClF3N3OS. The van der Waals surface area contributed by atoms with Gasteiger partial charge in [-0.3, -0.25) is 4.98 Å². The smallest absolute Gasteiger partial charge is 0.344 e. The van der Waals surface area contributed by atoms with E-state index in [2.05, 4.69) is 4.98 Å². The van der Waals surface area contributed by atoms with Gasteiger partial charge in [-0.15, -0.1) is 0 Å². The summed E-state index contributed by atoms with van der Waals surface area (Å²) in [6.45, 7) is -0.206. The molecule has 2 aromatic heterocycles. The molecule has 0 spiro atoms. The van der Waals surface area contributed by atoms with Gasteiger partial charge in [-0.25, -0.2) is 8.93 Å². The Hall–Kier alpha value is -1.90. The predicted molar refractivity (Wildman–Crippen MR) is 92.2 cm³/mol. The number of hydrogen-bond acceptors (Lipinski definition) is 2. The first kappa shape index (κ1) is 17.9. The molecule has 0 fully saturated rings. The van der Waals surface area contributed by atoms with E-state index in [4.69, 9.17) is 11.6 Å². The third-order valence-electron chi connectivity index (χ3n) is 3.72.